The summed E-state index contributed by atoms with van der Waals surface area (Å²) in [6, 6.07) is 5.93. The summed E-state index contributed by atoms with van der Waals surface area (Å²) < 4.78 is 18.8. The van der Waals surface area contributed by atoms with Gasteiger partial charge >= 0.3 is 5.97 Å². The SMILES string of the molecule is O=C(O)[C@@H]1[C@H]2C=C[C@@]3(CN(Cc4ccc(F)cc4)C(=O)[C@@H]13)O2. The fraction of sp³-hybridized carbons (Fsp3) is 0.375. The van der Waals surface area contributed by atoms with Gasteiger partial charge in [0.1, 0.15) is 17.3 Å². The summed E-state index contributed by atoms with van der Waals surface area (Å²) in [6.45, 7) is 0.663. The van der Waals surface area contributed by atoms with E-state index >= 15 is 0 Å². The fourth-order valence-corrected chi connectivity index (χ4v) is 3.80. The molecule has 3 aliphatic heterocycles. The number of benzene rings is 1. The molecule has 1 N–H and O–H groups in total. The second-order valence-electron chi connectivity index (χ2n) is 6.06. The minimum absolute atomic E-state index is 0.205. The van der Waals surface area contributed by atoms with E-state index in [0.29, 0.717) is 13.1 Å². The van der Waals surface area contributed by atoms with Crippen LogP contribution in [0.25, 0.3) is 0 Å². The molecule has 4 rings (SSSR count). The number of likely N-dealkylation sites (tertiary alicyclic amines) is 1. The van der Waals surface area contributed by atoms with Gasteiger partial charge in [-0.25, -0.2) is 4.39 Å². The van der Waals surface area contributed by atoms with Crippen LogP contribution in [0.4, 0.5) is 4.39 Å². The minimum atomic E-state index is -1.00. The van der Waals surface area contributed by atoms with Crippen LogP contribution in [0.15, 0.2) is 36.4 Å². The quantitative estimate of drug-likeness (QED) is 0.852. The number of amides is 1. The van der Waals surface area contributed by atoms with Gasteiger partial charge in [-0.1, -0.05) is 24.3 Å². The molecule has 4 atom stereocenters. The highest BCUT2D eigenvalue weighted by molar-refractivity contribution is 5.90. The van der Waals surface area contributed by atoms with Crippen LogP contribution in [-0.4, -0.2) is 40.1 Å². The largest absolute Gasteiger partial charge is 0.481 e. The highest BCUT2D eigenvalue weighted by Gasteiger charge is 2.66. The van der Waals surface area contributed by atoms with E-state index in [-0.39, 0.29) is 11.7 Å². The highest BCUT2D eigenvalue weighted by atomic mass is 19.1. The number of rotatable bonds is 3. The van der Waals surface area contributed by atoms with Gasteiger partial charge in [-0.05, 0) is 17.7 Å². The lowest BCUT2D eigenvalue weighted by Crippen LogP contribution is -2.39. The lowest BCUT2D eigenvalue weighted by molar-refractivity contribution is -0.148. The van der Waals surface area contributed by atoms with Gasteiger partial charge in [0.15, 0.2) is 0 Å². The molecule has 0 unspecified atom stereocenters. The van der Waals surface area contributed by atoms with Gasteiger partial charge in [0.25, 0.3) is 0 Å². The molecule has 0 aliphatic carbocycles. The topological polar surface area (TPSA) is 66.8 Å². The summed E-state index contributed by atoms with van der Waals surface area (Å²) in [7, 11) is 0. The van der Waals surface area contributed by atoms with Crippen LogP contribution in [0.1, 0.15) is 5.56 Å². The average Bonchev–Trinajstić information content (AvgIpc) is 3.10. The van der Waals surface area contributed by atoms with Crippen LogP contribution in [-0.2, 0) is 20.9 Å². The van der Waals surface area contributed by atoms with Crippen molar-refractivity contribution in [3.63, 3.8) is 0 Å². The minimum Gasteiger partial charge on any atom is -0.481 e. The first kappa shape index (κ1) is 13.5. The van der Waals surface area contributed by atoms with E-state index in [2.05, 4.69) is 0 Å². The third kappa shape index (κ3) is 1.73. The van der Waals surface area contributed by atoms with Crippen LogP contribution < -0.4 is 0 Å². The summed E-state index contributed by atoms with van der Waals surface area (Å²) in [5.41, 5.74) is -0.0123. The number of carbonyl (C=O) groups excluding carboxylic acids is 1. The van der Waals surface area contributed by atoms with Crippen molar-refractivity contribution < 1.29 is 23.8 Å². The van der Waals surface area contributed by atoms with Crippen molar-refractivity contribution in [3.05, 3.63) is 47.8 Å². The molecule has 0 saturated carbocycles. The lowest BCUT2D eigenvalue weighted by Gasteiger charge is -2.21. The number of fused-ring (bicyclic) bond motifs is 1. The van der Waals surface area contributed by atoms with Crippen molar-refractivity contribution in [2.45, 2.75) is 18.2 Å². The van der Waals surface area contributed by atoms with Crippen LogP contribution in [0.2, 0.25) is 0 Å². The van der Waals surface area contributed by atoms with E-state index in [9.17, 15) is 19.1 Å². The van der Waals surface area contributed by atoms with E-state index < -0.39 is 29.5 Å². The van der Waals surface area contributed by atoms with E-state index in [1.165, 1.54) is 12.1 Å². The summed E-state index contributed by atoms with van der Waals surface area (Å²) in [6.07, 6.45) is 3.05. The van der Waals surface area contributed by atoms with E-state index in [0.717, 1.165) is 5.56 Å². The number of carbonyl (C=O) groups is 2. The normalized spacial score (nSPS) is 35.2. The van der Waals surface area contributed by atoms with Crippen molar-refractivity contribution in [2.24, 2.45) is 11.8 Å². The van der Waals surface area contributed by atoms with Gasteiger partial charge in [0.2, 0.25) is 5.91 Å². The van der Waals surface area contributed by atoms with Crippen molar-refractivity contribution in [1.29, 1.82) is 0 Å². The summed E-state index contributed by atoms with van der Waals surface area (Å²) >= 11 is 0. The lowest BCUT2D eigenvalue weighted by atomic mass is 9.77. The number of ether oxygens (including phenoxy) is 1. The predicted molar refractivity (Wildman–Crippen MR) is 73.2 cm³/mol. The van der Waals surface area contributed by atoms with Crippen LogP contribution in [0.5, 0.6) is 0 Å². The zero-order chi connectivity index (χ0) is 15.5. The summed E-state index contributed by atoms with van der Waals surface area (Å²) in [4.78, 5) is 25.7. The molecule has 3 heterocycles. The first-order valence-electron chi connectivity index (χ1n) is 7.13. The average molecular weight is 303 g/mol. The number of nitrogens with zero attached hydrogens (tertiary/aromatic N) is 1. The molecular weight excluding hydrogens is 289 g/mol. The molecule has 2 saturated heterocycles. The summed E-state index contributed by atoms with van der Waals surface area (Å²) in [5.74, 6) is -3.03. The highest BCUT2D eigenvalue weighted by Crippen LogP contribution is 2.52. The number of hydrogen-bond donors (Lipinski definition) is 1. The smallest absolute Gasteiger partial charge is 0.310 e. The maximum atomic E-state index is 13.0. The fourth-order valence-electron chi connectivity index (χ4n) is 3.80. The van der Waals surface area contributed by atoms with Crippen LogP contribution in [0, 0.1) is 17.7 Å². The van der Waals surface area contributed by atoms with E-state index in [1.54, 1.807) is 23.1 Å². The monoisotopic (exact) mass is 303 g/mol. The van der Waals surface area contributed by atoms with Gasteiger partial charge in [0.05, 0.1) is 18.6 Å². The van der Waals surface area contributed by atoms with Gasteiger partial charge < -0.3 is 14.7 Å². The number of halogens is 1. The Morgan fingerprint density at radius 1 is 1.41 bits per heavy atom. The first-order chi connectivity index (χ1) is 10.5. The van der Waals surface area contributed by atoms with Crippen molar-refractivity contribution in [2.75, 3.05) is 6.54 Å². The Labute approximate surface area is 126 Å². The third-order valence-corrected chi connectivity index (χ3v) is 4.75. The van der Waals surface area contributed by atoms with Gasteiger partial charge in [0, 0.05) is 6.54 Å². The molecule has 22 heavy (non-hydrogen) atoms. The molecule has 1 spiro atoms. The van der Waals surface area contributed by atoms with Crippen LogP contribution >= 0.6 is 0 Å². The maximum absolute atomic E-state index is 13.0. The van der Waals surface area contributed by atoms with Crippen molar-refractivity contribution in [3.8, 4) is 0 Å². The Bertz CT molecular complexity index is 686. The molecule has 2 bridgehead atoms. The number of hydrogen-bond acceptors (Lipinski definition) is 3. The predicted octanol–water partition coefficient (Wildman–Crippen LogP) is 1.19. The molecule has 5 nitrogen and oxygen atoms in total. The molecule has 114 valence electrons. The maximum Gasteiger partial charge on any atom is 0.310 e. The molecule has 0 aromatic heterocycles. The Hall–Kier alpha value is -2.21. The Morgan fingerprint density at radius 2 is 2.14 bits per heavy atom. The molecular formula is C16H14FNO4. The molecule has 2 fully saturated rings. The van der Waals surface area contributed by atoms with Gasteiger partial charge in [-0.15, -0.1) is 0 Å². The third-order valence-electron chi connectivity index (χ3n) is 4.75. The Balaban J connectivity index is 1.61. The number of aliphatic carboxylic acids is 1. The Kier molecular flexibility index (Phi) is 2.69. The molecule has 1 aromatic carbocycles. The van der Waals surface area contributed by atoms with Crippen molar-refractivity contribution >= 4 is 11.9 Å². The molecule has 6 heteroatoms. The number of carboxylic acids is 1. The molecule has 3 aliphatic rings. The first-order valence-corrected chi connectivity index (χ1v) is 7.13. The second kappa shape index (κ2) is 4.39. The standard InChI is InChI=1S/C16H14FNO4/c17-10-3-1-9(2-4-10)7-18-8-16-6-5-11(22-16)12(15(20)21)13(16)14(18)19/h1-6,11-13H,7-8H2,(H,20,21)/t11-,12-,13-,16+/m1/s1. The van der Waals surface area contributed by atoms with Crippen molar-refractivity contribution in [1.82, 2.24) is 4.90 Å². The Morgan fingerprint density at radius 3 is 2.82 bits per heavy atom. The molecule has 1 aromatic rings. The zero-order valence-electron chi connectivity index (χ0n) is 11.6. The second-order valence-corrected chi connectivity index (χ2v) is 6.06. The van der Waals surface area contributed by atoms with E-state index in [4.69, 9.17) is 4.74 Å². The summed E-state index contributed by atoms with van der Waals surface area (Å²) in [5, 5.41) is 9.38. The zero-order valence-corrected chi connectivity index (χ0v) is 11.6. The van der Waals surface area contributed by atoms with E-state index in [1.807, 2.05) is 6.08 Å². The number of carboxylic acid groups (broad SMARTS) is 1. The van der Waals surface area contributed by atoms with Gasteiger partial charge in [-0.2, -0.15) is 0 Å². The molecule has 1 amide bonds. The molecule has 0 radical (unpaired) electrons. The van der Waals surface area contributed by atoms with Gasteiger partial charge in [-0.3, -0.25) is 9.59 Å². The van der Waals surface area contributed by atoms with Crippen LogP contribution in [0.3, 0.4) is 0 Å².